The lowest BCUT2D eigenvalue weighted by Gasteiger charge is -1.78. The van der Waals surface area contributed by atoms with Crippen LogP contribution in [-0.4, -0.2) is 18.0 Å². The Morgan fingerprint density at radius 3 is 2.83 bits per heavy atom. The van der Waals surface area contributed by atoms with E-state index >= 15 is 0 Å². The fourth-order valence-electron chi connectivity index (χ4n) is 0.291. The Kier molecular flexibility index (Phi) is 1.22. The van der Waals surface area contributed by atoms with E-state index in [1.54, 1.807) is 0 Å². The van der Waals surface area contributed by atoms with Gasteiger partial charge in [0.2, 0.25) is 0 Å². The molecule has 3 heteroatoms. The average Bonchev–Trinajstić information content (AvgIpc) is 1.86. The molecule has 0 saturated carbocycles. The molecule has 0 bridgehead atoms. The smallest absolute Gasteiger partial charge is 0.139 e. The Labute approximate surface area is 44.3 Å². The van der Waals surface area contributed by atoms with Gasteiger partial charge in [-0.2, -0.15) is 0 Å². The molecular formula is C3H4BrNO. The van der Waals surface area contributed by atoms with Crippen LogP contribution in [0.15, 0.2) is 4.99 Å². The summed E-state index contributed by atoms with van der Waals surface area (Å²) in [5.74, 6) is 0. The summed E-state index contributed by atoms with van der Waals surface area (Å²) in [6.07, 6.45) is 0. The average molecular weight is 150 g/mol. The molecule has 1 heterocycles. The molecule has 0 radical (unpaired) electrons. The van der Waals surface area contributed by atoms with Crippen LogP contribution in [0.5, 0.6) is 0 Å². The van der Waals surface area contributed by atoms with Crippen molar-refractivity contribution in [1.82, 2.24) is 0 Å². The minimum atomic E-state index is 0.528. The predicted molar refractivity (Wildman–Crippen MR) is 27.2 cm³/mol. The van der Waals surface area contributed by atoms with Crippen molar-refractivity contribution in [3.8, 4) is 0 Å². The number of nitrogens with zero attached hydrogens (tertiary/aromatic N) is 1. The minimum absolute atomic E-state index is 0.528. The maximum atomic E-state index is 4.81. The van der Waals surface area contributed by atoms with Crippen molar-refractivity contribution >= 4 is 20.6 Å². The second-order valence-electron chi connectivity index (χ2n) is 1.01. The van der Waals surface area contributed by atoms with Gasteiger partial charge in [-0.15, -0.1) is 0 Å². The number of hydrogen-bond acceptors (Lipinski definition) is 2. The van der Waals surface area contributed by atoms with Gasteiger partial charge < -0.3 is 4.74 Å². The molecule has 2 nitrogen and oxygen atoms in total. The Hall–Kier alpha value is 0.110. The maximum absolute atomic E-state index is 4.81. The third-order valence-corrected chi connectivity index (χ3v) is 1.03. The molecule has 0 fully saturated rings. The molecule has 0 unspecified atom stereocenters. The molecule has 6 heavy (non-hydrogen) atoms. The quantitative estimate of drug-likeness (QED) is 0.499. The molecule has 0 aliphatic carbocycles. The van der Waals surface area contributed by atoms with Crippen LogP contribution in [0.1, 0.15) is 0 Å². The first-order chi connectivity index (χ1) is 2.89. The van der Waals surface area contributed by atoms with Crippen LogP contribution < -0.4 is 0 Å². The van der Waals surface area contributed by atoms with E-state index in [0.717, 1.165) is 4.62 Å². The Morgan fingerprint density at radius 2 is 2.67 bits per heavy atom. The molecule has 0 atom stereocenters. The Balaban J connectivity index is 2.45. The molecule has 0 N–H and O–H groups in total. The lowest BCUT2D eigenvalue weighted by molar-refractivity contribution is 0.203. The van der Waals surface area contributed by atoms with Gasteiger partial charge in [-0.25, -0.2) is 0 Å². The van der Waals surface area contributed by atoms with Gasteiger partial charge in [0.25, 0.3) is 0 Å². The molecule has 0 aromatic rings. The van der Waals surface area contributed by atoms with Crippen LogP contribution in [0.2, 0.25) is 0 Å². The number of rotatable bonds is 0. The molecule has 0 amide bonds. The van der Waals surface area contributed by atoms with Crippen LogP contribution >= 0.6 is 15.9 Å². The van der Waals surface area contributed by atoms with E-state index in [2.05, 4.69) is 20.9 Å². The maximum Gasteiger partial charge on any atom is 0.139 e. The van der Waals surface area contributed by atoms with Crippen molar-refractivity contribution in [3.05, 3.63) is 0 Å². The first-order valence-electron chi connectivity index (χ1n) is 1.66. The van der Waals surface area contributed by atoms with Crippen LogP contribution in [-0.2, 0) is 4.74 Å². The van der Waals surface area contributed by atoms with E-state index in [4.69, 9.17) is 4.74 Å². The van der Waals surface area contributed by atoms with Crippen molar-refractivity contribution in [2.24, 2.45) is 4.99 Å². The lowest BCUT2D eigenvalue weighted by Crippen LogP contribution is -1.87. The fraction of sp³-hybridized carbons (Fsp3) is 0.667. The summed E-state index contributed by atoms with van der Waals surface area (Å²) < 4.78 is 5.73. The Morgan fingerprint density at radius 1 is 1.83 bits per heavy atom. The topological polar surface area (TPSA) is 21.6 Å². The van der Waals surface area contributed by atoms with E-state index in [9.17, 15) is 0 Å². The molecule has 1 aliphatic heterocycles. The predicted octanol–water partition coefficient (Wildman–Crippen LogP) is 0.767. The van der Waals surface area contributed by atoms with E-state index in [0.29, 0.717) is 13.3 Å². The molecule has 0 aromatic carbocycles. The standard InChI is InChI=1S/C3H4BrNO/c4-3-1-6-2-5-3/h1-2H2. The van der Waals surface area contributed by atoms with Crippen LogP contribution in [0.3, 0.4) is 0 Å². The third-order valence-electron chi connectivity index (χ3n) is 0.549. The largest absolute Gasteiger partial charge is 0.352 e. The van der Waals surface area contributed by atoms with Gasteiger partial charge in [0.1, 0.15) is 11.4 Å². The SMILES string of the molecule is BrC1=NCOC1. The number of aliphatic imine (C=N–C) groups is 1. The summed E-state index contributed by atoms with van der Waals surface area (Å²) in [6.45, 7) is 1.18. The van der Waals surface area contributed by atoms with Crippen LogP contribution in [0.25, 0.3) is 0 Å². The van der Waals surface area contributed by atoms with Gasteiger partial charge >= 0.3 is 0 Å². The second kappa shape index (κ2) is 1.71. The number of halogens is 1. The van der Waals surface area contributed by atoms with Crippen LogP contribution in [0.4, 0.5) is 0 Å². The number of hydrogen-bond donors (Lipinski definition) is 0. The zero-order valence-electron chi connectivity index (χ0n) is 3.15. The van der Waals surface area contributed by atoms with Gasteiger partial charge in [0, 0.05) is 0 Å². The monoisotopic (exact) mass is 149 g/mol. The number of ether oxygens (including phenoxy) is 1. The third kappa shape index (κ3) is 0.786. The minimum Gasteiger partial charge on any atom is -0.352 e. The lowest BCUT2D eigenvalue weighted by atomic mass is 10.8. The molecular weight excluding hydrogens is 146 g/mol. The molecule has 1 rings (SSSR count). The van der Waals surface area contributed by atoms with E-state index in [-0.39, 0.29) is 0 Å². The molecule has 0 spiro atoms. The van der Waals surface area contributed by atoms with E-state index in [1.807, 2.05) is 0 Å². The summed E-state index contributed by atoms with van der Waals surface area (Å²) >= 11 is 3.16. The zero-order chi connectivity index (χ0) is 4.41. The summed E-state index contributed by atoms with van der Waals surface area (Å²) in [7, 11) is 0. The van der Waals surface area contributed by atoms with Gasteiger partial charge in [0.15, 0.2) is 0 Å². The molecule has 0 aromatic heterocycles. The van der Waals surface area contributed by atoms with Gasteiger partial charge in [-0.05, 0) is 15.9 Å². The molecule has 1 aliphatic rings. The summed E-state index contributed by atoms with van der Waals surface area (Å²) in [5, 5.41) is 0. The molecule has 34 valence electrons. The van der Waals surface area contributed by atoms with Crippen molar-refractivity contribution in [3.63, 3.8) is 0 Å². The van der Waals surface area contributed by atoms with Gasteiger partial charge in [0.05, 0.1) is 6.61 Å². The zero-order valence-corrected chi connectivity index (χ0v) is 4.73. The van der Waals surface area contributed by atoms with Gasteiger partial charge in [-0.1, -0.05) is 0 Å². The highest BCUT2D eigenvalue weighted by molar-refractivity contribution is 9.18. The van der Waals surface area contributed by atoms with E-state index in [1.165, 1.54) is 0 Å². The first-order valence-corrected chi connectivity index (χ1v) is 2.45. The highest BCUT2D eigenvalue weighted by Gasteiger charge is 1.98. The van der Waals surface area contributed by atoms with Crippen molar-refractivity contribution < 1.29 is 4.74 Å². The van der Waals surface area contributed by atoms with Crippen LogP contribution in [0, 0.1) is 0 Å². The highest BCUT2D eigenvalue weighted by Crippen LogP contribution is 1.97. The highest BCUT2D eigenvalue weighted by atomic mass is 79.9. The second-order valence-corrected chi connectivity index (χ2v) is 1.93. The van der Waals surface area contributed by atoms with Crippen molar-refractivity contribution in [2.75, 3.05) is 13.3 Å². The van der Waals surface area contributed by atoms with Crippen molar-refractivity contribution in [2.45, 2.75) is 0 Å². The van der Waals surface area contributed by atoms with E-state index < -0.39 is 0 Å². The fourth-order valence-corrected chi connectivity index (χ4v) is 0.555. The summed E-state index contributed by atoms with van der Waals surface area (Å²) in [6, 6.07) is 0. The Bertz CT molecular complexity index is 80.9. The summed E-state index contributed by atoms with van der Waals surface area (Å²) in [4.78, 5) is 3.85. The van der Waals surface area contributed by atoms with Crippen molar-refractivity contribution in [1.29, 1.82) is 0 Å². The van der Waals surface area contributed by atoms with Gasteiger partial charge in [-0.3, -0.25) is 4.99 Å². The summed E-state index contributed by atoms with van der Waals surface area (Å²) in [5.41, 5.74) is 0. The molecule has 0 saturated heterocycles. The first kappa shape index (κ1) is 4.27. The normalized spacial score (nSPS) is 21.2.